The highest BCUT2D eigenvalue weighted by Gasteiger charge is 2.38. The summed E-state index contributed by atoms with van der Waals surface area (Å²) in [6, 6.07) is 62.4. The molecule has 1 radical (unpaired) electrons. The fourth-order valence-corrected chi connectivity index (χ4v) is 6.46. The van der Waals surface area contributed by atoms with Crippen LogP contribution in [0.1, 0.15) is 58.1 Å². The molecule has 0 spiro atoms. The fraction of sp³-hybridized carbons (Fsp3) is 0.182. The van der Waals surface area contributed by atoms with Gasteiger partial charge in [0.25, 0.3) is 0 Å². The van der Waals surface area contributed by atoms with E-state index in [2.05, 4.69) is 146 Å². The quantitative estimate of drug-likeness (QED) is 0.135. The van der Waals surface area contributed by atoms with Crippen molar-refractivity contribution in [3.05, 3.63) is 215 Å². The third-order valence-electron chi connectivity index (χ3n) is 8.87. The van der Waals surface area contributed by atoms with Gasteiger partial charge in [-0.25, -0.2) is 5.32 Å². The summed E-state index contributed by atoms with van der Waals surface area (Å²) < 4.78 is 21.2. The summed E-state index contributed by atoms with van der Waals surface area (Å²) in [5.74, 6) is 0. The van der Waals surface area contributed by atoms with Gasteiger partial charge in [-0.15, -0.1) is 0 Å². The molecule has 48 heavy (non-hydrogen) atoms. The first-order valence-corrected chi connectivity index (χ1v) is 16.7. The van der Waals surface area contributed by atoms with Gasteiger partial charge in [0.15, 0.2) is 0 Å². The number of rotatable bonds is 12. The normalized spacial score (nSPS) is 17.9. The summed E-state index contributed by atoms with van der Waals surface area (Å²) in [7, 11) is 0. The lowest BCUT2D eigenvalue weighted by Crippen LogP contribution is -2.50. The van der Waals surface area contributed by atoms with Crippen LogP contribution in [0.15, 0.2) is 182 Å². The van der Waals surface area contributed by atoms with Crippen molar-refractivity contribution in [1.82, 2.24) is 5.32 Å². The number of hydrogen-bond acceptors (Lipinski definition) is 3. The van der Waals surface area contributed by atoms with E-state index in [0.717, 1.165) is 33.4 Å². The van der Waals surface area contributed by atoms with Crippen LogP contribution in [0.25, 0.3) is 0 Å². The maximum absolute atomic E-state index is 7.21. The molecule has 0 N–H and O–H groups in total. The molecule has 1 fully saturated rings. The van der Waals surface area contributed by atoms with Gasteiger partial charge in [0.05, 0.1) is 12.2 Å². The van der Waals surface area contributed by atoms with Gasteiger partial charge in [-0.1, -0.05) is 182 Å². The molecule has 4 nitrogen and oxygen atoms in total. The Labute approximate surface area is 284 Å². The van der Waals surface area contributed by atoms with E-state index in [4.69, 9.17) is 19.5 Å². The van der Waals surface area contributed by atoms with Crippen molar-refractivity contribution in [3.8, 4) is 0 Å². The summed E-state index contributed by atoms with van der Waals surface area (Å²) in [6.07, 6.45) is -1.28. The van der Waals surface area contributed by atoms with Crippen LogP contribution in [-0.2, 0) is 14.2 Å². The molecular formula is C44H40NO3. The number of ether oxygens (including phenoxy) is 3. The highest BCUT2D eigenvalue weighted by Crippen LogP contribution is 2.36. The maximum atomic E-state index is 7.21. The Morgan fingerprint density at radius 1 is 0.354 bits per heavy atom. The van der Waals surface area contributed by atoms with Gasteiger partial charge in [-0.05, 0) is 33.4 Å². The van der Waals surface area contributed by atoms with Crippen molar-refractivity contribution in [2.45, 2.75) is 43.2 Å². The molecule has 4 heteroatoms. The third-order valence-corrected chi connectivity index (χ3v) is 8.87. The van der Waals surface area contributed by atoms with E-state index < -0.39 is 0 Å². The van der Waals surface area contributed by atoms with E-state index in [9.17, 15) is 0 Å². The molecule has 3 atom stereocenters. The smallest absolute Gasteiger partial charge is 0.127 e. The molecule has 6 aromatic rings. The Hall–Kier alpha value is -4.84. The van der Waals surface area contributed by atoms with Gasteiger partial charge < -0.3 is 14.2 Å². The first kappa shape index (κ1) is 31.7. The molecule has 1 aliphatic rings. The van der Waals surface area contributed by atoms with E-state index >= 15 is 0 Å². The monoisotopic (exact) mass is 630 g/mol. The van der Waals surface area contributed by atoms with Crippen LogP contribution in [-0.4, -0.2) is 25.0 Å². The molecule has 7 rings (SSSR count). The van der Waals surface area contributed by atoms with E-state index in [1.807, 2.05) is 36.4 Å². The van der Waals surface area contributed by atoms with Crippen molar-refractivity contribution < 1.29 is 14.2 Å². The Bertz CT molecular complexity index is 1670. The van der Waals surface area contributed by atoms with Gasteiger partial charge in [0.2, 0.25) is 0 Å². The van der Waals surface area contributed by atoms with Crippen molar-refractivity contribution in [2.24, 2.45) is 0 Å². The minimum absolute atomic E-state index is 0.264. The second kappa shape index (κ2) is 15.8. The summed E-state index contributed by atoms with van der Waals surface area (Å²) in [5, 5.41) is 5.12. The van der Waals surface area contributed by atoms with Crippen LogP contribution in [0.3, 0.4) is 0 Å². The summed E-state index contributed by atoms with van der Waals surface area (Å²) in [5.41, 5.74) is 6.56. The average Bonchev–Trinajstić information content (AvgIpc) is 3.17. The average molecular weight is 631 g/mol. The molecule has 1 saturated heterocycles. The molecule has 3 unspecified atom stereocenters. The summed E-state index contributed by atoms with van der Waals surface area (Å²) in [6.45, 7) is 0.443. The van der Waals surface area contributed by atoms with Crippen molar-refractivity contribution in [1.29, 1.82) is 0 Å². The summed E-state index contributed by atoms with van der Waals surface area (Å²) in [4.78, 5) is 0. The van der Waals surface area contributed by atoms with E-state index in [1.165, 1.54) is 0 Å². The SMILES string of the molecule is c1ccc(C(OC2CC(OC(c3ccccc3)c3ccccc3)C(OC(c3ccccc3)c3ccccc3)C[N]2)c2ccccc2)cc1. The molecule has 0 amide bonds. The van der Waals surface area contributed by atoms with E-state index in [0.29, 0.717) is 13.0 Å². The van der Waals surface area contributed by atoms with E-state index in [-0.39, 0.29) is 36.7 Å². The first-order valence-electron chi connectivity index (χ1n) is 16.7. The van der Waals surface area contributed by atoms with Gasteiger partial charge in [-0.2, -0.15) is 0 Å². The summed E-state index contributed by atoms with van der Waals surface area (Å²) >= 11 is 0. The zero-order valence-corrected chi connectivity index (χ0v) is 26.9. The number of piperidine rings is 1. The molecular weight excluding hydrogens is 590 g/mol. The molecule has 0 bridgehead atoms. The molecule has 0 aliphatic carbocycles. The second-order valence-electron chi connectivity index (χ2n) is 12.1. The fourth-order valence-electron chi connectivity index (χ4n) is 6.46. The minimum atomic E-state index is -0.389. The molecule has 1 heterocycles. The molecule has 239 valence electrons. The van der Waals surface area contributed by atoms with Crippen LogP contribution >= 0.6 is 0 Å². The minimum Gasteiger partial charge on any atom is -0.363 e. The van der Waals surface area contributed by atoms with Gasteiger partial charge in [-0.3, -0.25) is 0 Å². The van der Waals surface area contributed by atoms with Crippen LogP contribution in [0, 0.1) is 0 Å². The largest absolute Gasteiger partial charge is 0.363 e. The number of hydrogen-bond donors (Lipinski definition) is 0. The van der Waals surface area contributed by atoms with Crippen LogP contribution in [0.4, 0.5) is 0 Å². The zero-order chi connectivity index (χ0) is 32.4. The van der Waals surface area contributed by atoms with Crippen LogP contribution in [0.5, 0.6) is 0 Å². The lowest BCUT2D eigenvalue weighted by molar-refractivity contribution is -0.160. The van der Waals surface area contributed by atoms with Crippen molar-refractivity contribution in [2.75, 3.05) is 6.54 Å². The Morgan fingerprint density at radius 3 is 0.938 bits per heavy atom. The zero-order valence-electron chi connectivity index (χ0n) is 26.9. The predicted octanol–water partition coefficient (Wildman–Crippen LogP) is 9.48. The second-order valence-corrected chi connectivity index (χ2v) is 12.1. The van der Waals surface area contributed by atoms with Gasteiger partial charge in [0.1, 0.15) is 24.5 Å². The molecule has 1 aliphatic heterocycles. The molecule has 0 saturated carbocycles. The van der Waals surface area contributed by atoms with Crippen molar-refractivity contribution >= 4 is 0 Å². The maximum Gasteiger partial charge on any atom is 0.127 e. The van der Waals surface area contributed by atoms with E-state index in [1.54, 1.807) is 0 Å². The lowest BCUT2D eigenvalue weighted by atomic mass is 9.97. The van der Waals surface area contributed by atoms with Gasteiger partial charge in [0, 0.05) is 13.0 Å². The number of benzene rings is 6. The van der Waals surface area contributed by atoms with Crippen LogP contribution in [0.2, 0.25) is 0 Å². The standard InChI is InChI=1S/C44H40NO3/c1-7-19-33(20-8-1)42(34-21-9-2-10-22-34)46-39-31-41(48-44(37-27-15-5-16-28-37)38-29-17-6-18-30-38)45-32-40(39)47-43(35-23-11-3-12-24-35)36-25-13-4-14-26-36/h1-30,39-44H,31-32H2. The Morgan fingerprint density at radius 2 is 0.625 bits per heavy atom. The van der Waals surface area contributed by atoms with Crippen molar-refractivity contribution in [3.63, 3.8) is 0 Å². The van der Waals surface area contributed by atoms with Gasteiger partial charge >= 0.3 is 0 Å². The number of nitrogens with zero attached hydrogens (tertiary/aromatic N) is 1. The Kier molecular flexibility index (Phi) is 10.5. The predicted molar refractivity (Wildman–Crippen MR) is 190 cm³/mol. The highest BCUT2D eigenvalue weighted by atomic mass is 16.6. The van der Waals surface area contributed by atoms with Crippen LogP contribution < -0.4 is 5.32 Å². The molecule has 6 aromatic carbocycles. The topological polar surface area (TPSA) is 41.8 Å². The highest BCUT2D eigenvalue weighted by molar-refractivity contribution is 5.33. The lowest BCUT2D eigenvalue weighted by Gasteiger charge is -2.40. The molecule has 0 aromatic heterocycles. The third kappa shape index (κ3) is 7.82. The first-order chi connectivity index (χ1) is 23.8. The Balaban J connectivity index is 1.22.